The van der Waals surface area contributed by atoms with Gasteiger partial charge in [0, 0.05) is 5.03 Å². The van der Waals surface area contributed by atoms with Gasteiger partial charge in [-0.3, -0.25) is 4.79 Å². The summed E-state index contributed by atoms with van der Waals surface area (Å²) >= 11 is 6.00. The van der Waals surface area contributed by atoms with Crippen molar-refractivity contribution in [3.8, 4) is 0 Å². The Morgan fingerprint density at radius 1 is 1.36 bits per heavy atom. The Hall–Kier alpha value is -1.36. The van der Waals surface area contributed by atoms with Gasteiger partial charge in [0.05, 0.1) is 32.4 Å². The van der Waals surface area contributed by atoms with Crippen LogP contribution in [0.1, 0.15) is 23.6 Å². The van der Waals surface area contributed by atoms with Gasteiger partial charge in [0.15, 0.2) is 6.10 Å². The molecule has 4 nitrogen and oxygen atoms in total. The topological polar surface area (TPSA) is 38.8 Å². The molecule has 1 aromatic carbocycles. The molecule has 1 fully saturated rings. The third kappa shape index (κ3) is 3.19. The summed E-state index contributed by atoms with van der Waals surface area (Å²) in [6, 6.07) is 8.28. The lowest BCUT2D eigenvalue weighted by atomic mass is 10.1. The molecule has 0 radical (unpaired) electrons. The third-order valence-electron chi connectivity index (χ3n) is 4.19. The van der Waals surface area contributed by atoms with Crippen LogP contribution in [0.15, 0.2) is 35.9 Å². The molecule has 1 aliphatic carbocycles. The molecule has 3 rings (SSSR count). The Kier molecular flexibility index (Phi) is 4.81. The smallest absolute Gasteiger partial charge is 0.254 e. The van der Waals surface area contributed by atoms with Crippen molar-refractivity contribution in [2.75, 3.05) is 26.4 Å². The van der Waals surface area contributed by atoms with Crippen molar-refractivity contribution in [2.24, 2.45) is 0 Å². The normalized spacial score (nSPS) is 23.9. The van der Waals surface area contributed by atoms with Crippen molar-refractivity contribution in [1.82, 2.24) is 4.90 Å². The Morgan fingerprint density at radius 3 is 2.91 bits per heavy atom. The van der Waals surface area contributed by atoms with Crippen LogP contribution in [-0.2, 0) is 20.7 Å². The van der Waals surface area contributed by atoms with Gasteiger partial charge in [-0.25, -0.2) is 0 Å². The minimum absolute atomic E-state index is 0.0322. The number of hydrogen-bond acceptors (Lipinski definition) is 3. The van der Waals surface area contributed by atoms with Crippen molar-refractivity contribution in [1.29, 1.82) is 0 Å². The molecule has 0 aromatic heterocycles. The van der Waals surface area contributed by atoms with Crippen molar-refractivity contribution in [3.63, 3.8) is 0 Å². The highest BCUT2D eigenvalue weighted by Gasteiger charge is 2.35. The molecule has 1 aromatic rings. The number of rotatable bonds is 4. The molecule has 1 aliphatic heterocycles. The SMILES string of the molecule is C=C(Cl)CN(C(=O)[C@@H]1COCCO1)[C@H]1CCc2ccccc21. The van der Waals surface area contributed by atoms with E-state index in [-0.39, 0.29) is 11.9 Å². The molecule has 2 atom stereocenters. The van der Waals surface area contributed by atoms with Crippen molar-refractivity contribution in [3.05, 3.63) is 47.0 Å². The van der Waals surface area contributed by atoms with Crippen LogP contribution in [0.3, 0.4) is 0 Å². The molecule has 1 heterocycles. The van der Waals surface area contributed by atoms with Crippen molar-refractivity contribution < 1.29 is 14.3 Å². The minimum Gasteiger partial charge on any atom is -0.376 e. The number of carbonyl (C=O) groups excluding carboxylic acids is 1. The van der Waals surface area contributed by atoms with Gasteiger partial charge in [-0.05, 0) is 24.0 Å². The summed E-state index contributed by atoms with van der Waals surface area (Å²) in [6.07, 6.45) is 1.34. The summed E-state index contributed by atoms with van der Waals surface area (Å²) in [4.78, 5) is 14.6. The molecule has 0 saturated carbocycles. The molecule has 2 aliphatic rings. The second kappa shape index (κ2) is 6.82. The average molecular weight is 322 g/mol. The lowest BCUT2D eigenvalue weighted by Gasteiger charge is -2.33. The van der Waals surface area contributed by atoms with E-state index in [1.165, 1.54) is 11.1 Å². The molecule has 0 spiro atoms. The Labute approximate surface area is 135 Å². The van der Waals surface area contributed by atoms with E-state index in [1.807, 2.05) is 12.1 Å². The highest BCUT2D eigenvalue weighted by molar-refractivity contribution is 6.29. The van der Waals surface area contributed by atoms with Crippen LogP contribution in [0.25, 0.3) is 0 Å². The molecule has 118 valence electrons. The fourth-order valence-electron chi connectivity index (χ4n) is 3.20. The van der Waals surface area contributed by atoms with E-state index in [9.17, 15) is 4.79 Å². The van der Waals surface area contributed by atoms with Crippen LogP contribution in [0, 0.1) is 0 Å². The molecule has 5 heteroatoms. The number of carbonyl (C=O) groups is 1. The number of ether oxygens (including phenoxy) is 2. The van der Waals surface area contributed by atoms with Crippen LogP contribution >= 0.6 is 11.6 Å². The number of fused-ring (bicyclic) bond motifs is 1. The minimum atomic E-state index is -0.544. The maximum Gasteiger partial charge on any atom is 0.254 e. The lowest BCUT2D eigenvalue weighted by Crippen LogP contribution is -2.46. The van der Waals surface area contributed by atoms with Gasteiger partial charge < -0.3 is 14.4 Å². The number of aryl methyl sites for hydroxylation is 1. The van der Waals surface area contributed by atoms with E-state index in [4.69, 9.17) is 21.1 Å². The van der Waals surface area contributed by atoms with E-state index in [0.717, 1.165) is 12.8 Å². The van der Waals surface area contributed by atoms with E-state index in [1.54, 1.807) is 4.90 Å². The molecular formula is C17H20ClNO3. The predicted octanol–water partition coefficient (Wildman–Crippen LogP) is 2.67. The van der Waals surface area contributed by atoms with Gasteiger partial charge in [0.2, 0.25) is 0 Å². The van der Waals surface area contributed by atoms with Crippen LogP contribution in [0.2, 0.25) is 0 Å². The molecular weight excluding hydrogens is 302 g/mol. The zero-order valence-corrected chi connectivity index (χ0v) is 13.2. The molecule has 0 unspecified atom stereocenters. The average Bonchev–Trinajstić information content (AvgIpc) is 2.96. The Bertz CT molecular complexity index is 569. The fraction of sp³-hybridized carbons (Fsp3) is 0.471. The van der Waals surface area contributed by atoms with Crippen LogP contribution in [0.4, 0.5) is 0 Å². The number of nitrogens with zero attached hydrogens (tertiary/aromatic N) is 1. The number of hydrogen-bond donors (Lipinski definition) is 0. The summed E-state index contributed by atoms with van der Waals surface area (Å²) in [7, 11) is 0. The van der Waals surface area contributed by atoms with Gasteiger partial charge in [-0.2, -0.15) is 0 Å². The van der Waals surface area contributed by atoms with Crippen LogP contribution in [-0.4, -0.2) is 43.3 Å². The van der Waals surface area contributed by atoms with Gasteiger partial charge in [-0.15, -0.1) is 0 Å². The molecule has 1 amide bonds. The van der Waals surface area contributed by atoms with Gasteiger partial charge >= 0.3 is 0 Å². The van der Waals surface area contributed by atoms with Gasteiger partial charge in [-0.1, -0.05) is 42.4 Å². The number of amides is 1. The number of halogens is 1. The van der Waals surface area contributed by atoms with E-state index >= 15 is 0 Å². The van der Waals surface area contributed by atoms with E-state index in [2.05, 4.69) is 18.7 Å². The summed E-state index contributed by atoms with van der Waals surface area (Å²) in [5.74, 6) is -0.0665. The van der Waals surface area contributed by atoms with Crippen molar-refractivity contribution >= 4 is 17.5 Å². The Morgan fingerprint density at radius 2 is 2.18 bits per heavy atom. The zero-order valence-electron chi connectivity index (χ0n) is 12.5. The first-order valence-electron chi connectivity index (χ1n) is 7.57. The quantitative estimate of drug-likeness (QED) is 0.856. The van der Waals surface area contributed by atoms with E-state index in [0.29, 0.717) is 31.4 Å². The standard InChI is InChI=1S/C17H20ClNO3/c1-12(18)10-19(17(20)16-11-21-8-9-22-16)15-7-6-13-4-2-3-5-14(13)15/h2-5,15-16H,1,6-11H2/t15-,16-/m0/s1. The fourth-order valence-corrected chi connectivity index (χ4v) is 3.33. The maximum absolute atomic E-state index is 12.9. The summed E-state index contributed by atoms with van der Waals surface area (Å²) in [5, 5.41) is 0.453. The second-order valence-corrected chi connectivity index (χ2v) is 6.21. The maximum atomic E-state index is 12.9. The van der Waals surface area contributed by atoms with Gasteiger partial charge in [0.25, 0.3) is 5.91 Å². The summed E-state index contributed by atoms with van der Waals surface area (Å²) < 4.78 is 10.9. The first-order chi connectivity index (χ1) is 10.7. The van der Waals surface area contributed by atoms with E-state index < -0.39 is 6.10 Å². The Balaban J connectivity index is 1.84. The first kappa shape index (κ1) is 15.5. The number of benzene rings is 1. The molecule has 22 heavy (non-hydrogen) atoms. The third-order valence-corrected chi connectivity index (χ3v) is 4.31. The first-order valence-corrected chi connectivity index (χ1v) is 7.95. The molecule has 0 bridgehead atoms. The highest BCUT2D eigenvalue weighted by Crippen LogP contribution is 2.36. The summed E-state index contributed by atoms with van der Waals surface area (Å²) in [6.45, 7) is 5.38. The molecule has 0 N–H and O–H groups in total. The highest BCUT2D eigenvalue weighted by atomic mass is 35.5. The zero-order chi connectivity index (χ0) is 15.5. The second-order valence-electron chi connectivity index (χ2n) is 5.67. The van der Waals surface area contributed by atoms with Gasteiger partial charge in [0.1, 0.15) is 0 Å². The predicted molar refractivity (Wildman–Crippen MR) is 84.8 cm³/mol. The van der Waals surface area contributed by atoms with Crippen LogP contribution < -0.4 is 0 Å². The van der Waals surface area contributed by atoms with Crippen LogP contribution in [0.5, 0.6) is 0 Å². The monoisotopic (exact) mass is 321 g/mol. The summed E-state index contributed by atoms with van der Waals surface area (Å²) in [5.41, 5.74) is 2.50. The largest absolute Gasteiger partial charge is 0.376 e. The lowest BCUT2D eigenvalue weighted by molar-refractivity contribution is -0.159. The van der Waals surface area contributed by atoms with Crippen molar-refractivity contribution in [2.45, 2.75) is 25.0 Å². The molecule has 1 saturated heterocycles.